The first kappa shape index (κ1) is 64.2. The Hall–Kier alpha value is -9.63. The molecule has 0 unspecified atom stereocenters. The van der Waals surface area contributed by atoms with Crippen molar-refractivity contribution in [2.24, 2.45) is 0 Å². The van der Waals surface area contributed by atoms with E-state index in [-0.39, 0.29) is 27.1 Å². The van der Waals surface area contributed by atoms with Crippen LogP contribution in [0.15, 0.2) is 219 Å². The number of rotatable bonds is 17. The van der Waals surface area contributed by atoms with Gasteiger partial charge >= 0.3 is 0 Å². The summed E-state index contributed by atoms with van der Waals surface area (Å²) in [6.45, 7) is 24.6. The van der Waals surface area contributed by atoms with Gasteiger partial charge in [-0.2, -0.15) is 0 Å². The second kappa shape index (κ2) is 23.7. The summed E-state index contributed by atoms with van der Waals surface area (Å²) < 4.78 is 0. The molecule has 7 aliphatic rings. The van der Waals surface area contributed by atoms with Crippen LogP contribution in [0, 0.1) is 0 Å². The smallest absolute Gasteiger partial charge is 0.137 e. The Labute approximate surface area is 612 Å². The zero-order valence-corrected chi connectivity index (χ0v) is 62.3. The molecule has 2 heteroatoms. The molecule has 11 aromatic carbocycles. The Bertz CT molecular complexity index is 5510. The van der Waals surface area contributed by atoms with Crippen LogP contribution in [-0.2, 0) is 46.3 Å². The van der Waals surface area contributed by atoms with Gasteiger partial charge < -0.3 is 0 Å². The maximum Gasteiger partial charge on any atom is 0.137 e. The normalized spacial score (nSPS) is 16.2. The van der Waals surface area contributed by atoms with Crippen LogP contribution in [0.1, 0.15) is 224 Å². The van der Waals surface area contributed by atoms with Gasteiger partial charge in [-0.15, -0.1) is 0 Å². The number of nitrogens with zero attached hydrogens (tertiary/aromatic N) is 2. The Morgan fingerprint density at radius 1 is 0.311 bits per heavy atom. The fourth-order valence-corrected chi connectivity index (χ4v) is 21.6. The van der Waals surface area contributed by atoms with Crippen molar-refractivity contribution >= 4 is 17.2 Å². The second-order valence-corrected chi connectivity index (χ2v) is 33.8. The van der Waals surface area contributed by atoms with Crippen molar-refractivity contribution in [2.45, 2.75) is 193 Å². The minimum absolute atomic E-state index is 0.0446. The minimum Gasteiger partial charge on any atom is -0.295 e. The van der Waals surface area contributed by atoms with E-state index in [0.29, 0.717) is 0 Å². The number of aryl methyl sites for hydroxylation is 1. The average molecular weight is 1340 g/mol. The van der Waals surface area contributed by atoms with Gasteiger partial charge in [0.15, 0.2) is 0 Å². The number of fused-ring (bicyclic) bond motifs is 25. The van der Waals surface area contributed by atoms with Crippen LogP contribution in [-0.4, -0.2) is 4.98 Å². The summed E-state index contributed by atoms with van der Waals surface area (Å²) in [5.41, 5.74) is 46.8. The van der Waals surface area contributed by atoms with E-state index in [1.807, 2.05) is 12.3 Å². The van der Waals surface area contributed by atoms with Gasteiger partial charge in [-0.1, -0.05) is 285 Å². The second-order valence-electron chi connectivity index (χ2n) is 33.8. The molecule has 0 saturated heterocycles. The lowest BCUT2D eigenvalue weighted by atomic mass is 9.69. The van der Waals surface area contributed by atoms with Crippen LogP contribution >= 0.6 is 0 Å². The number of benzene rings is 11. The van der Waals surface area contributed by atoms with E-state index in [1.165, 1.54) is 244 Å². The van der Waals surface area contributed by atoms with Gasteiger partial charge in [-0.25, -0.2) is 4.98 Å². The summed E-state index contributed by atoms with van der Waals surface area (Å²) in [5, 5.41) is 0. The molecule has 0 aliphatic heterocycles. The molecule has 12 aromatic rings. The van der Waals surface area contributed by atoms with Gasteiger partial charge in [0.1, 0.15) is 5.82 Å². The maximum absolute atomic E-state index is 5.20. The number of unbranched alkanes of at least 4 members (excludes halogenated alkanes) is 8. The molecule has 103 heavy (non-hydrogen) atoms. The van der Waals surface area contributed by atoms with E-state index >= 15 is 0 Å². The van der Waals surface area contributed by atoms with E-state index in [4.69, 9.17) is 4.98 Å². The topological polar surface area (TPSA) is 16.1 Å². The van der Waals surface area contributed by atoms with Crippen molar-refractivity contribution in [1.82, 2.24) is 4.98 Å². The molecule has 0 N–H and O–H groups in total. The summed E-state index contributed by atoms with van der Waals surface area (Å²) in [7, 11) is 0. The fourth-order valence-electron chi connectivity index (χ4n) is 21.6. The third-order valence-corrected chi connectivity index (χ3v) is 26.7. The summed E-state index contributed by atoms with van der Waals surface area (Å²) in [4.78, 5) is 7.64. The van der Waals surface area contributed by atoms with Crippen molar-refractivity contribution in [2.75, 3.05) is 4.90 Å². The largest absolute Gasteiger partial charge is 0.295 e. The predicted molar refractivity (Wildman–Crippen MR) is 434 cm³/mol. The fraction of sp³-hybridized carbons (Fsp3) is 0.297. The maximum atomic E-state index is 5.20. The molecule has 1 heterocycles. The predicted octanol–water partition coefficient (Wildman–Crippen LogP) is 27.4. The number of hydrogen-bond donors (Lipinski definition) is 0. The van der Waals surface area contributed by atoms with E-state index in [9.17, 15) is 0 Å². The number of hydrogen-bond acceptors (Lipinski definition) is 2. The van der Waals surface area contributed by atoms with Crippen molar-refractivity contribution in [3.63, 3.8) is 0 Å². The van der Waals surface area contributed by atoms with E-state index in [0.717, 1.165) is 36.5 Å². The molecule has 0 fully saturated rings. The highest BCUT2D eigenvalue weighted by atomic mass is 15.2. The molecule has 0 saturated carbocycles. The lowest BCUT2D eigenvalue weighted by Crippen LogP contribution is -2.25. The zero-order chi connectivity index (χ0) is 70.1. The lowest BCUT2D eigenvalue weighted by Gasteiger charge is -2.34. The molecular weight excluding hydrogens is 1240 g/mol. The van der Waals surface area contributed by atoms with Gasteiger partial charge in [-0.05, 0) is 271 Å². The summed E-state index contributed by atoms with van der Waals surface area (Å²) >= 11 is 0. The monoisotopic (exact) mass is 1340 g/mol. The van der Waals surface area contributed by atoms with Crippen LogP contribution in [0.5, 0.6) is 0 Å². The molecule has 0 atom stereocenters. The summed E-state index contributed by atoms with van der Waals surface area (Å²) in [6, 6.07) is 83.7. The highest BCUT2D eigenvalue weighted by molar-refractivity contribution is 6.05. The molecule has 0 amide bonds. The van der Waals surface area contributed by atoms with Crippen LogP contribution in [0.3, 0.4) is 0 Å². The molecule has 1 aromatic heterocycles. The van der Waals surface area contributed by atoms with Gasteiger partial charge in [0.05, 0.1) is 0 Å². The zero-order valence-electron chi connectivity index (χ0n) is 62.3. The molecule has 510 valence electrons. The van der Waals surface area contributed by atoms with Crippen molar-refractivity contribution in [3.05, 3.63) is 296 Å². The van der Waals surface area contributed by atoms with Crippen molar-refractivity contribution in [1.29, 1.82) is 0 Å². The first-order chi connectivity index (χ1) is 50.0. The third-order valence-electron chi connectivity index (χ3n) is 26.7. The molecule has 0 radical (unpaired) electrons. The SMILES string of the molecule is CCCCCCCC1(CCCCCCC)c2ccccc2-c2ccc(-c3ccc4c(c3)C(C)(C)c3cc(-c5cc6c(c7c5Cc5ccccc5-7)-c5ccc(N(c7ccc8c(c7)C(C)(C)c7c-8c8c(c9c7C(C)(C)c7ccccc7-9)-c7ccccc7CC8)c7ccccn7)cc5C6(C)C)ccc3-4)cc21. The summed E-state index contributed by atoms with van der Waals surface area (Å²) in [5.74, 6) is 0.911. The number of anilines is 3. The Balaban J connectivity index is 0.689. The van der Waals surface area contributed by atoms with Crippen molar-refractivity contribution < 1.29 is 0 Å². The lowest BCUT2D eigenvalue weighted by molar-refractivity contribution is 0.399. The van der Waals surface area contributed by atoms with Crippen LogP contribution in [0.2, 0.25) is 0 Å². The highest BCUT2D eigenvalue weighted by Crippen LogP contribution is 2.66. The first-order valence-corrected chi connectivity index (χ1v) is 39.3. The van der Waals surface area contributed by atoms with Gasteiger partial charge in [0.2, 0.25) is 0 Å². The standard InChI is InChI=1S/C101H96N2/c1-11-13-15-17-28-52-101(53-29-18-16-14-12-2)82-38-26-23-35-71(82)74-47-42-64(57-87(74)101)63-41-46-72-73-48-43-66(58-84(73)97(3,4)83(72)56-63)79-61-88-93(91-70-34-22-20-32-65(70)55-80(79)91)77-51-45-67(59-85(77)98(88,5)6)103(89-39-27-30-54-102-89)68-44-50-76-86(60-68)100(9,10)95-92(76)78-49-40-62-31-19-21-33-69(62)90(78)94-75-36-24-25-37-81(75)99(7,8)96(94)95/h19-27,30-39,41-48,50-51,54,56-61H,11-18,28-29,40,49,52-53,55H2,1-10H3. The van der Waals surface area contributed by atoms with E-state index in [1.54, 1.807) is 11.1 Å². The number of aromatic nitrogens is 1. The summed E-state index contributed by atoms with van der Waals surface area (Å²) in [6.07, 6.45) is 20.5. The molecule has 2 nitrogen and oxygen atoms in total. The Morgan fingerprint density at radius 2 is 0.777 bits per heavy atom. The van der Waals surface area contributed by atoms with Crippen molar-refractivity contribution in [3.8, 4) is 100 Å². The first-order valence-electron chi connectivity index (χ1n) is 39.3. The Kier molecular flexibility index (Phi) is 14.8. The Morgan fingerprint density at radius 3 is 1.44 bits per heavy atom. The molecule has 0 bridgehead atoms. The molecular formula is C101H96N2. The van der Waals surface area contributed by atoms with Crippen LogP contribution in [0.4, 0.5) is 17.2 Å². The van der Waals surface area contributed by atoms with Gasteiger partial charge in [0, 0.05) is 44.6 Å². The number of pyridine rings is 1. The quantitative estimate of drug-likeness (QED) is 0.0845. The van der Waals surface area contributed by atoms with E-state index in [2.05, 4.69) is 280 Å². The van der Waals surface area contributed by atoms with Crippen LogP contribution in [0.25, 0.3) is 100 Å². The molecule has 19 rings (SSSR count). The molecule has 7 aliphatic carbocycles. The van der Waals surface area contributed by atoms with Crippen LogP contribution < -0.4 is 4.90 Å². The van der Waals surface area contributed by atoms with Gasteiger partial charge in [0.25, 0.3) is 0 Å². The highest BCUT2D eigenvalue weighted by Gasteiger charge is 2.50. The molecule has 0 spiro atoms. The average Bonchev–Trinajstić information content (AvgIpc) is 1.53. The minimum atomic E-state index is -0.326. The van der Waals surface area contributed by atoms with Gasteiger partial charge in [-0.3, -0.25) is 4.90 Å². The third kappa shape index (κ3) is 9.33. The van der Waals surface area contributed by atoms with E-state index < -0.39 is 0 Å².